The van der Waals surface area contributed by atoms with Crippen molar-refractivity contribution in [3.63, 3.8) is 0 Å². The second-order valence-corrected chi connectivity index (χ2v) is 3.72. The minimum Gasteiger partial charge on any atom is -0.488 e. The van der Waals surface area contributed by atoms with Gasteiger partial charge in [0.2, 0.25) is 0 Å². The third-order valence-corrected chi connectivity index (χ3v) is 2.60. The second-order valence-electron chi connectivity index (χ2n) is 3.72. The van der Waals surface area contributed by atoms with E-state index in [1.54, 1.807) is 6.20 Å². The first kappa shape index (κ1) is 8.73. The van der Waals surface area contributed by atoms with Crippen LogP contribution in [0.1, 0.15) is 6.42 Å². The Labute approximate surface area is 87.2 Å². The molecular weight excluding hydrogens is 192 g/mol. The highest BCUT2D eigenvalue weighted by molar-refractivity contribution is 5.79. The topological polar surface area (TPSA) is 47.1 Å². The Balaban J connectivity index is 1.84. The molecule has 2 aromatic rings. The lowest BCUT2D eigenvalue weighted by molar-refractivity contribution is 0.141. The molecular formula is C11H12N2O2. The van der Waals surface area contributed by atoms with Gasteiger partial charge in [0.1, 0.15) is 11.9 Å². The summed E-state index contributed by atoms with van der Waals surface area (Å²) in [5, 5.41) is 7.95. The van der Waals surface area contributed by atoms with Crippen molar-refractivity contribution in [1.29, 1.82) is 0 Å². The van der Waals surface area contributed by atoms with Crippen LogP contribution in [0.15, 0.2) is 24.4 Å². The molecule has 1 aliphatic rings. The van der Waals surface area contributed by atoms with Gasteiger partial charge in [-0.15, -0.1) is 0 Å². The van der Waals surface area contributed by atoms with Gasteiger partial charge in [-0.25, -0.2) is 0 Å². The van der Waals surface area contributed by atoms with Gasteiger partial charge in [-0.1, -0.05) is 0 Å². The van der Waals surface area contributed by atoms with E-state index in [-0.39, 0.29) is 6.10 Å². The van der Waals surface area contributed by atoms with Crippen LogP contribution in [-0.2, 0) is 4.74 Å². The summed E-state index contributed by atoms with van der Waals surface area (Å²) in [6, 6.07) is 5.93. The Morgan fingerprint density at radius 2 is 2.47 bits per heavy atom. The molecule has 0 radical (unpaired) electrons. The number of H-pyrrole nitrogens is 1. The van der Waals surface area contributed by atoms with Gasteiger partial charge in [0.15, 0.2) is 0 Å². The monoisotopic (exact) mass is 204 g/mol. The number of hydrogen-bond donors (Lipinski definition) is 1. The van der Waals surface area contributed by atoms with Gasteiger partial charge in [0.25, 0.3) is 0 Å². The van der Waals surface area contributed by atoms with Crippen molar-refractivity contribution in [3.05, 3.63) is 24.4 Å². The smallest absolute Gasteiger partial charge is 0.124 e. The number of ether oxygens (including phenoxy) is 2. The zero-order valence-electron chi connectivity index (χ0n) is 8.27. The van der Waals surface area contributed by atoms with E-state index in [1.165, 1.54) is 0 Å². The largest absolute Gasteiger partial charge is 0.488 e. The van der Waals surface area contributed by atoms with Crippen LogP contribution in [-0.4, -0.2) is 29.5 Å². The Hall–Kier alpha value is -1.55. The lowest BCUT2D eigenvalue weighted by atomic mass is 10.2. The molecule has 15 heavy (non-hydrogen) atoms. The summed E-state index contributed by atoms with van der Waals surface area (Å²) in [6.07, 6.45) is 2.98. The first-order chi connectivity index (χ1) is 7.42. The van der Waals surface area contributed by atoms with E-state index >= 15 is 0 Å². The molecule has 1 atom stereocenters. The van der Waals surface area contributed by atoms with Crippen molar-refractivity contribution in [2.75, 3.05) is 13.2 Å². The number of nitrogens with zero attached hydrogens (tertiary/aromatic N) is 1. The second kappa shape index (κ2) is 3.55. The normalized spacial score (nSPS) is 20.9. The van der Waals surface area contributed by atoms with Crippen LogP contribution in [0, 0.1) is 0 Å². The summed E-state index contributed by atoms with van der Waals surface area (Å²) in [6.45, 7) is 1.50. The van der Waals surface area contributed by atoms with Gasteiger partial charge in [-0.2, -0.15) is 5.10 Å². The standard InChI is InChI=1S/C11H12N2O2/c1-2-11-8(6-12-13-11)5-9(1)15-10-3-4-14-7-10/h1-2,5-6,10H,3-4,7H2,(H,12,13)/t10-/m0/s1. The number of benzene rings is 1. The van der Waals surface area contributed by atoms with E-state index < -0.39 is 0 Å². The molecule has 0 unspecified atom stereocenters. The minimum atomic E-state index is 0.203. The van der Waals surface area contributed by atoms with Crippen LogP contribution in [0.5, 0.6) is 5.75 Å². The minimum absolute atomic E-state index is 0.203. The molecule has 0 spiro atoms. The SMILES string of the molecule is c1cc2[nH]ncc2cc1O[C@H]1CCOC1. The Morgan fingerprint density at radius 1 is 1.47 bits per heavy atom. The molecule has 1 aromatic carbocycles. The Bertz CT molecular complexity index is 460. The molecule has 4 nitrogen and oxygen atoms in total. The van der Waals surface area contributed by atoms with Crippen molar-refractivity contribution in [1.82, 2.24) is 10.2 Å². The van der Waals surface area contributed by atoms with Crippen molar-refractivity contribution in [3.8, 4) is 5.75 Å². The summed E-state index contributed by atoms with van der Waals surface area (Å²) in [5.41, 5.74) is 1.03. The molecule has 0 amide bonds. The first-order valence-electron chi connectivity index (χ1n) is 5.09. The number of aromatic amines is 1. The molecule has 0 saturated carbocycles. The third-order valence-electron chi connectivity index (χ3n) is 2.60. The van der Waals surface area contributed by atoms with Gasteiger partial charge >= 0.3 is 0 Å². The van der Waals surface area contributed by atoms with Crippen LogP contribution in [0.3, 0.4) is 0 Å². The van der Waals surface area contributed by atoms with Crippen molar-refractivity contribution >= 4 is 10.9 Å². The average molecular weight is 204 g/mol. The number of rotatable bonds is 2. The third kappa shape index (κ3) is 1.68. The van der Waals surface area contributed by atoms with Crippen molar-refractivity contribution in [2.45, 2.75) is 12.5 Å². The average Bonchev–Trinajstić information content (AvgIpc) is 2.87. The summed E-state index contributed by atoms with van der Waals surface area (Å²) in [7, 11) is 0. The molecule has 2 heterocycles. The van der Waals surface area contributed by atoms with Crippen molar-refractivity contribution in [2.24, 2.45) is 0 Å². The maximum Gasteiger partial charge on any atom is 0.124 e. The molecule has 0 aliphatic carbocycles. The maximum absolute atomic E-state index is 5.79. The zero-order valence-corrected chi connectivity index (χ0v) is 8.27. The van der Waals surface area contributed by atoms with Crippen LogP contribution < -0.4 is 4.74 Å². The molecule has 1 N–H and O–H groups in total. The summed E-state index contributed by atoms with van der Waals surface area (Å²) >= 11 is 0. The summed E-state index contributed by atoms with van der Waals surface area (Å²) in [5.74, 6) is 0.888. The van der Waals surface area contributed by atoms with E-state index in [1.807, 2.05) is 18.2 Å². The van der Waals surface area contributed by atoms with Gasteiger partial charge in [-0.05, 0) is 18.2 Å². The molecule has 1 aromatic heterocycles. The molecule has 4 heteroatoms. The highest BCUT2D eigenvalue weighted by Crippen LogP contribution is 2.21. The fraction of sp³-hybridized carbons (Fsp3) is 0.364. The predicted octanol–water partition coefficient (Wildman–Crippen LogP) is 1.73. The number of nitrogens with one attached hydrogen (secondary N) is 1. The molecule has 1 fully saturated rings. The fourth-order valence-electron chi connectivity index (χ4n) is 1.79. The van der Waals surface area contributed by atoms with Gasteiger partial charge in [0, 0.05) is 11.8 Å². The highest BCUT2D eigenvalue weighted by Gasteiger charge is 2.17. The fourth-order valence-corrected chi connectivity index (χ4v) is 1.79. The van der Waals surface area contributed by atoms with Crippen LogP contribution in [0.25, 0.3) is 10.9 Å². The number of aromatic nitrogens is 2. The van der Waals surface area contributed by atoms with E-state index in [9.17, 15) is 0 Å². The van der Waals surface area contributed by atoms with Crippen molar-refractivity contribution < 1.29 is 9.47 Å². The van der Waals surface area contributed by atoms with Crippen LogP contribution in [0.2, 0.25) is 0 Å². The highest BCUT2D eigenvalue weighted by atomic mass is 16.5. The molecule has 0 bridgehead atoms. The van der Waals surface area contributed by atoms with Gasteiger partial charge < -0.3 is 9.47 Å². The maximum atomic E-state index is 5.79. The Morgan fingerprint density at radius 3 is 3.33 bits per heavy atom. The lowest BCUT2D eigenvalue weighted by Gasteiger charge is -2.11. The molecule has 1 aliphatic heterocycles. The van der Waals surface area contributed by atoms with E-state index in [4.69, 9.17) is 9.47 Å². The van der Waals surface area contributed by atoms with E-state index in [2.05, 4.69) is 10.2 Å². The van der Waals surface area contributed by atoms with Crippen LogP contribution >= 0.6 is 0 Å². The summed E-state index contributed by atoms with van der Waals surface area (Å²) in [4.78, 5) is 0. The quantitative estimate of drug-likeness (QED) is 0.810. The molecule has 78 valence electrons. The van der Waals surface area contributed by atoms with Crippen LogP contribution in [0.4, 0.5) is 0 Å². The van der Waals surface area contributed by atoms with Gasteiger partial charge in [0.05, 0.1) is 24.9 Å². The predicted molar refractivity (Wildman–Crippen MR) is 55.9 cm³/mol. The number of hydrogen-bond acceptors (Lipinski definition) is 3. The lowest BCUT2D eigenvalue weighted by Crippen LogP contribution is -2.15. The van der Waals surface area contributed by atoms with Gasteiger partial charge in [-0.3, -0.25) is 5.10 Å². The molecule has 3 rings (SSSR count). The van der Waals surface area contributed by atoms with E-state index in [0.717, 1.165) is 29.7 Å². The van der Waals surface area contributed by atoms with E-state index in [0.29, 0.717) is 6.61 Å². The number of fused-ring (bicyclic) bond motifs is 1. The first-order valence-corrected chi connectivity index (χ1v) is 5.09. The summed E-state index contributed by atoms with van der Waals surface area (Å²) < 4.78 is 11.0. The zero-order chi connectivity index (χ0) is 10.1. The molecule has 1 saturated heterocycles. The Kier molecular flexibility index (Phi) is 2.07.